The van der Waals surface area contributed by atoms with Gasteiger partial charge in [-0.1, -0.05) is 24.3 Å². The molecule has 3 nitrogen and oxygen atoms in total. The summed E-state index contributed by atoms with van der Waals surface area (Å²) in [5.41, 5.74) is 2.99. The Hall–Kier alpha value is -1.42. The highest BCUT2D eigenvalue weighted by Gasteiger charge is 2.24. The molecular formula is C16H21N3S. The lowest BCUT2D eigenvalue weighted by Gasteiger charge is -2.22. The number of anilines is 1. The zero-order chi connectivity index (χ0) is 14.2. The van der Waals surface area contributed by atoms with Crippen molar-refractivity contribution in [2.24, 2.45) is 0 Å². The molecule has 0 radical (unpaired) electrons. The number of fused-ring (bicyclic) bond motifs is 1. The second kappa shape index (κ2) is 5.17. The summed E-state index contributed by atoms with van der Waals surface area (Å²) in [4.78, 5) is 4.69. The molecule has 0 saturated carbocycles. The topological polar surface area (TPSA) is 37.8 Å². The van der Waals surface area contributed by atoms with Crippen molar-refractivity contribution in [3.8, 4) is 0 Å². The van der Waals surface area contributed by atoms with Crippen LogP contribution in [-0.2, 0) is 12.8 Å². The minimum Gasteiger partial charge on any atom is -0.356 e. The van der Waals surface area contributed by atoms with Crippen molar-refractivity contribution in [3.63, 3.8) is 0 Å². The largest absolute Gasteiger partial charge is 0.356 e. The number of nitrogens with zero attached hydrogens (tertiary/aromatic N) is 2. The van der Waals surface area contributed by atoms with Gasteiger partial charge in [0.2, 0.25) is 5.13 Å². The van der Waals surface area contributed by atoms with Gasteiger partial charge >= 0.3 is 0 Å². The quantitative estimate of drug-likeness (QED) is 0.906. The molecule has 0 aliphatic heterocycles. The summed E-state index contributed by atoms with van der Waals surface area (Å²) in [5.74, 6) is 1.48. The van der Waals surface area contributed by atoms with E-state index in [-0.39, 0.29) is 5.54 Å². The summed E-state index contributed by atoms with van der Waals surface area (Å²) >= 11 is 1.48. The predicted molar refractivity (Wildman–Crippen MR) is 84.5 cm³/mol. The van der Waals surface area contributed by atoms with E-state index in [1.54, 1.807) is 0 Å². The molecule has 2 aromatic rings. The Bertz CT molecular complexity index is 598. The fourth-order valence-electron chi connectivity index (χ4n) is 2.69. The van der Waals surface area contributed by atoms with Gasteiger partial charge in [0.1, 0.15) is 5.82 Å². The van der Waals surface area contributed by atoms with Crippen LogP contribution in [0.25, 0.3) is 0 Å². The molecule has 1 aromatic carbocycles. The van der Waals surface area contributed by atoms with Crippen LogP contribution in [-0.4, -0.2) is 14.9 Å². The van der Waals surface area contributed by atoms with Crippen LogP contribution in [0.4, 0.5) is 5.13 Å². The van der Waals surface area contributed by atoms with Crippen LogP contribution in [0.1, 0.15) is 50.1 Å². The maximum atomic E-state index is 4.69. The Balaban J connectivity index is 1.75. The summed E-state index contributed by atoms with van der Waals surface area (Å²) in [6.07, 6.45) is 3.37. The highest BCUT2D eigenvalue weighted by Crippen LogP contribution is 2.32. The first-order chi connectivity index (χ1) is 9.51. The van der Waals surface area contributed by atoms with E-state index >= 15 is 0 Å². The molecule has 1 unspecified atom stereocenters. The zero-order valence-corrected chi connectivity index (χ0v) is 13.1. The van der Waals surface area contributed by atoms with Crippen LogP contribution < -0.4 is 5.32 Å². The molecule has 1 aliphatic carbocycles. The van der Waals surface area contributed by atoms with Crippen LogP contribution in [0.5, 0.6) is 0 Å². The summed E-state index contributed by atoms with van der Waals surface area (Å²) in [6, 6.07) is 8.74. The second-order valence-electron chi connectivity index (χ2n) is 6.54. The van der Waals surface area contributed by atoms with Gasteiger partial charge < -0.3 is 5.32 Å². The number of aryl methyl sites for hydroxylation is 1. The van der Waals surface area contributed by atoms with Gasteiger partial charge in [-0.2, -0.15) is 4.37 Å². The lowest BCUT2D eigenvalue weighted by atomic mass is 9.83. The molecule has 106 valence electrons. The Morgan fingerprint density at radius 3 is 2.70 bits per heavy atom. The molecule has 20 heavy (non-hydrogen) atoms. The Morgan fingerprint density at radius 2 is 1.95 bits per heavy atom. The van der Waals surface area contributed by atoms with Gasteiger partial charge in [-0.3, -0.25) is 0 Å². The van der Waals surface area contributed by atoms with E-state index in [0.29, 0.717) is 5.92 Å². The molecule has 4 heteroatoms. The van der Waals surface area contributed by atoms with Crippen molar-refractivity contribution in [1.82, 2.24) is 9.36 Å². The third-order valence-corrected chi connectivity index (χ3v) is 4.28. The van der Waals surface area contributed by atoms with Gasteiger partial charge in [0.25, 0.3) is 0 Å². The third-order valence-electron chi connectivity index (χ3n) is 3.64. The maximum absolute atomic E-state index is 4.69. The monoisotopic (exact) mass is 287 g/mol. The van der Waals surface area contributed by atoms with Gasteiger partial charge in [0, 0.05) is 23.0 Å². The fraction of sp³-hybridized carbons (Fsp3) is 0.500. The van der Waals surface area contributed by atoms with Crippen molar-refractivity contribution in [1.29, 1.82) is 0 Å². The molecule has 0 bridgehead atoms. The minimum absolute atomic E-state index is 0.0377. The van der Waals surface area contributed by atoms with Crippen molar-refractivity contribution >= 4 is 16.7 Å². The second-order valence-corrected chi connectivity index (χ2v) is 7.29. The zero-order valence-electron chi connectivity index (χ0n) is 12.3. The van der Waals surface area contributed by atoms with E-state index in [2.05, 4.69) is 59.7 Å². The van der Waals surface area contributed by atoms with Crippen molar-refractivity contribution < 1.29 is 0 Å². The SMILES string of the molecule is CC(C)(C)Nc1nc(C2CCc3ccccc3C2)ns1. The summed E-state index contributed by atoms with van der Waals surface area (Å²) in [6.45, 7) is 6.43. The standard InChI is InChI=1S/C16H21N3S/c1-16(2,3)18-15-17-14(19-20-15)13-9-8-11-6-4-5-7-12(11)10-13/h4-7,13H,8-10H2,1-3H3,(H,17,18,19). The summed E-state index contributed by atoms with van der Waals surface area (Å²) < 4.78 is 4.57. The van der Waals surface area contributed by atoms with Gasteiger partial charge in [-0.25, -0.2) is 4.98 Å². The third kappa shape index (κ3) is 3.01. The van der Waals surface area contributed by atoms with E-state index in [1.165, 1.54) is 22.7 Å². The minimum atomic E-state index is 0.0377. The molecule has 0 saturated heterocycles. The molecule has 1 atom stereocenters. The summed E-state index contributed by atoms with van der Waals surface area (Å²) in [5, 5.41) is 4.34. The van der Waals surface area contributed by atoms with Crippen LogP contribution in [0.3, 0.4) is 0 Å². The van der Waals surface area contributed by atoms with Crippen LogP contribution in [0, 0.1) is 0 Å². The molecule has 1 aromatic heterocycles. The molecule has 1 N–H and O–H groups in total. The highest BCUT2D eigenvalue weighted by atomic mass is 32.1. The fourth-order valence-corrected chi connectivity index (χ4v) is 3.55. The lowest BCUT2D eigenvalue weighted by Crippen LogP contribution is -2.26. The highest BCUT2D eigenvalue weighted by molar-refractivity contribution is 7.09. The maximum Gasteiger partial charge on any atom is 0.202 e. The molecule has 0 spiro atoms. The van der Waals surface area contributed by atoms with Crippen molar-refractivity contribution in [2.45, 2.75) is 51.5 Å². The van der Waals surface area contributed by atoms with E-state index in [4.69, 9.17) is 0 Å². The van der Waals surface area contributed by atoms with Crippen LogP contribution in [0.2, 0.25) is 0 Å². The number of hydrogen-bond acceptors (Lipinski definition) is 4. The molecule has 0 fully saturated rings. The number of rotatable bonds is 2. The number of benzene rings is 1. The molecular weight excluding hydrogens is 266 g/mol. The Labute approximate surface area is 124 Å². The van der Waals surface area contributed by atoms with Crippen molar-refractivity contribution in [3.05, 3.63) is 41.2 Å². The average Bonchev–Trinajstić information content (AvgIpc) is 2.84. The Morgan fingerprint density at radius 1 is 1.20 bits per heavy atom. The van der Waals surface area contributed by atoms with E-state index in [9.17, 15) is 0 Å². The van der Waals surface area contributed by atoms with Gasteiger partial charge in [-0.05, 0) is 51.2 Å². The molecule has 1 aliphatic rings. The number of nitrogens with one attached hydrogen (secondary N) is 1. The van der Waals surface area contributed by atoms with E-state index < -0.39 is 0 Å². The average molecular weight is 287 g/mol. The lowest BCUT2D eigenvalue weighted by molar-refractivity contribution is 0.560. The first-order valence-corrected chi connectivity index (χ1v) is 7.97. The first kappa shape index (κ1) is 13.6. The van der Waals surface area contributed by atoms with Crippen molar-refractivity contribution in [2.75, 3.05) is 5.32 Å². The smallest absolute Gasteiger partial charge is 0.202 e. The first-order valence-electron chi connectivity index (χ1n) is 7.20. The predicted octanol–water partition coefficient (Wildman–Crippen LogP) is 4.02. The van der Waals surface area contributed by atoms with Gasteiger partial charge in [-0.15, -0.1) is 0 Å². The van der Waals surface area contributed by atoms with E-state index in [0.717, 1.165) is 30.2 Å². The number of aromatic nitrogens is 2. The van der Waals surface area contributed by atoms with Crippen LogP contribution in [0.15, 0.2) is 24.3 Å². The molecule has 0 amide bonds. The van der Waals surface area contributed by atoms with Crippen LogP contribution >= 0.6 is 11.5 Å². The summed E-state index contributed by atoms with van der Waals surface area (Å²) in [7, 11) is 0. The Kier molecular flexibility index (Phi) is 3.50. The van der Waals surface area contributed by atoms with Gasteiger partial charge in [0.15, 0.2) is 0 Å². The normalized spacial score (nSPS) is 18.6. The number of hydrogen-bond donors (Lipinski definition) is 1. The molecule has 1 heterocycles. The molecule has 3 rings (SSSR count). The van der Waals surface area contributed by atoms with Gasteiger partial charge in [0.05, 0.1) is 0 Å². The van der Waals surface area contributed by atoms with E-state index in [1.807, 2.05) is 0 Å².